The van der Waals surface area contributed by atoms with Crippen LogP contribution in [0.3, 0.4) is 0 Å². The summed E-state index contributed by atoms with van der Waals surface area (Å²) in [6, 6.07) is 82.7. The molecule has 0 spiro atoms. The molecule has 0 amide bonds. The fraction of sp³-hybridized carbons (Fsp3) is 0. The van der Waals surface area contributed by atoms with Gasteiger partial charge in [0.05, 0.1) is 22.4 Å². The zero-order chi connectivity index (χ0) is 40.3. The molecule has 2 aromatic heterocycles. The van der Waals surface area contributed by atoms with Crippen LogP contribution in [-0.4, -0.2) is 4.57 Å². The van der Waals surface area contributed by atoms with Crippen molar-refractivity contribution in [1.29, 1.82) is 0 Å². The largest absolute Gasteiger partial charge is 0.454 e. The molecule has 12 aromatic rings. The second-order valence-electron chi connectivity index (χ2n) is 15.6. The Kier molecular flexibility index (Phi) is 8.17. The van der Waals surface area contributed by atoms with Crippen LogP contribution >= 0.6 is 0 Å². The Morgan fingerprint density at radius 3 is 1.79 bits per heavy atom. The van der Waals surface area contributed by atoms with E-state index in [0.29, 0.717) is 0 Å². The highest BCUT2D eigenvalue weighted by Crippen LogP contribution is 2.49. The van der Waals surface area contributed by atoms with Crippen molar-refractivity contribution in [2.75, 3.05) is 4.90 Å². The lowest BCUT2D eigenvalue weighted by molar-refractivity contribution is 0.669. The predicted molar refractivity (Wildman–Crippen MR) is 257 cm³/mol. The van der Waals surface area contributed by atoms with E-state index < -0.39 is 0 Å². The molecule has 10 aromatic carbocycles. The molecule has 0 fully saturated rings. The summed E-state index contributed by atoms with van der Waals surface area (Å²) >= 11 is 0. The Labute approximate surface area is 353 Å². The summed E-state index contributed by atoms with van der Waals surface area (Å²) in [4.78, 5) is 2.38. The Hall–Kier alpha value is -8.14. The Balaban J connectivity index is 1.14. The zero-order valence-electron chi connectivity index (χ0n) is 33.2. The van der Waals surface area contributed by atoms with Crippen LogP contribution in [0.25, 0.3) is 93.6 Å². The standard InChI is InChI=1S/C58H38N2O/c1-4-16-39(17-5-1)40-28-32-45(33-29-40)60(51-26-14-12-23-46(51)41-18-6-2-7-19-41)54-36-34-48(57-56-47-24-11-10-20-42(47)31-37-55(56)61-58(54)57)43-30-35-53-50(38-43)49-25-13-15-27-52(49)59(53)44-21-8-3-9-22-44/h1-38H. The van der Waals surface area contributed by atoms with Crippen molar-refractivity contribution < 1.29 is 4.42 Å². The average molecular weight is 779 g/mol. The second kappa shape index (κ2) is 14.3. The maximum atomic E-state index is 7.19. The van der Waals surface area contributed by atoms with Crippen LogP contribution in [-0.2, 0) is 0 Å². The number of hydrogen-bond acceptors (Lipinski definition) is 2. The van der Waals surface area contributed by atoms with E-state index in [-0.39, 0.29) is 0 Å². The number of nitrogens with zero attached hydrogens (tertiary/aromatic N) is 2. The Bertz CT molecular complexity index is 3570. The van der Waals surface area contributed by atoms with Gasteiger partial charge in [0.25, 0.3) is 0 Å². The number of anilines is 3. The minimum absolute atomic E-state index is 0.839. The third kappa shape index (κ3) is 5.74. The number of hydrogen-bond donors (Lipinski definition) is 0. The average Bonchev–Trinajstić information content (AvgIpc) is 3.90. The molecule has 0 bridgehead atoms. The van der Waals surface area contributed by atoms with Crippen LogP contribution in [0.5, 0.6) is 0 Å². The highest BCUT2D eigenvalue weighted by atomic mass is 16.3. The highest BCUT2D eigenvalue weighted by Gasteiger charge is 2.25. The molecule has 0 atom stereocenters. The van der Waals surface area contributed by atoms with Gasteiger partial charge in [-0.05, 0) is 99.3 Å². The van der Waals surface area contributed by atoms with Gasteiger partial charge < -0.3 is 13.9 Å². The predicted octanol–water partition coefficient (Wildman–Crippen LogP) is 16.3. The highest BCUT2D eigenvalue weighted by molar-refractivity contribution is 6.25. The third-order valence-electron chi connectivity index (χ3n) is 12.2. The molecule has 0 saturated heterocycles. The smallest absolute Gasteiger partial charge is 0.160 e. The van der Waals surface area contributed by atoms with Crippen molar-refractivity contribution in [2.45, 2.75) is 0 Å². The molecular weight excluding hydrogens is 741 g/mol. The number of fused-ring (bicyclic) bond motifs is 8. The molecule has 0 N–H and O–H groups in total. The van der Waals surface area contributed by atoms with Crippen LogP contribution in [0.2, 0.25) is 0 Å². The van der Waals surface area contributed by atoms with Crippen LogP contribution < -0.4 is 4.90 Å². The van der Waals surface area contributed by atoms with Crippen molar-refractivity contribution in [1.82, 2.24) is 4.57 Å². The molecule has 2 heterocycles. The molecule has 12 rings (SSSR count). The summed E-state index contributed by atoms with van der Waals surface area (Å²) in [5.74, 6) is 0. The first-order valence-electron chi connectivity index (χ1n) is 20.8. The van der Waals surface area contributed by atoms with E-state index in [1.54, 1.807) is 0 Å². The SMILES string of the molecule is c1ccc(-c2ccc(N(c3ccccc3-c3ccccc3)c3ccc(-c4ccc5c(c4)c4ccccc4n5-c4ccccc4)c4c3oc3ccc5ccccc5c34)cc2)cc1. The molecule has 0 aliphatic rings. The van der Waals surface area contributed by atoms with E-state index in [1.807, 2.05) is 0 Å². The van der Waals surface area contributed by atoms with Crippen LogP contribution in [0, 0.1) is 0 Å². The quantitative estimate of drug-likeness (QED) is 0.161. The number of rotatable bonds is 7. The first kappa shape index (κ1) is 34.9. The van der Waals surface area contributed by atoms with E-state index in [4.69, 9.17) is 4.42 Å². The lowest BCUT2D eigenvalue weighted by Gasteiger charge is -2.28. The summed E-state index contributed by atoms with van der Waals surface area (Å²) < 4.78 is 9.56. The van der Waals surface area contributed by atoms with E-state index in [0.717, 1.165) is 66.9 Å². The van der Waals surface area contributed by atoms with Gasteiger partial charge in [0.1, 0.15) is 5.58 Å². The third-order valence-corrected chi connectivity index (χ3v) is 12.2. The van der Waals surface area contributed by atoms with Gasteiger partial charge >= 0.3 is 0 Å². The fourth-order valence-electron chi connectivity index (χ4n) is 9.41. The molecule has 286 valence electrons. The summed E-state index contributed by atoms with van der Waals surface area (Å²) in [6.45, 7) is 0. The zero-order valence-corrected chi connectivity index (χ0v) is 33.2. The van der Waals surface area contributed by atoms with Crippen molar-refractivity contribution in [2.24, 2.45) is 0 Å². The molecule has 0 aliphatic heterocycles. The minimum atomic E-state index is 0.839. The maximum Gasteiger partial charge on any atom is 0.160 e. The number of benzene rings is 10. The first-order chi connectivity index (χ1) is 30.3. The van der Waals surface area contributed by atoms with E-state index in [2.05, 4.69) is 240 Å². The van der Waals surface area contributed by atoms with Crippen LogP contribution in [0.4, 0.5) is 17.1 Å². The molecule has 61 heavy (non-hydrogen) atoms. The van der Waals surface area contributed by atoms with E-state index in [1.165, 1.54) is 43.7 Å². The Morgan fingerprint density at radius 2 is 0.984 bits per heavy atom. The molecule has 3 nitrogen and oxygen atoms in total. The molecule has 0 unspecified atom stereocenters. The minimum Gasteiger partial charge on any atom is -0.454 e. The molecule has 3 heteroatoms. The summed E-state index contributed by atoms with van der Waals surface area (Å²) in [5.41, 5.74) is 15.2. The normalized spacial score (nSPS) is 11.6. The van der Waals surface area contributed by atoms with E-state index in [9.17, 15) is 0 Å². The van der Waals surface area contributed by atoms with Crippen molar-refractivity contribution >= 4 is 71.6 Å². The van der Waals surface area contributed by atoms with Crippen molar-refractivity contribution in [3.63, 3.8) is 0 Å². The van der Waals surface area contributed by atoms with Gasteiger partial charge in [-0.1, -0.05) is 170 Å². The lowest BCUT2D eigenvalue weighted by atomic mass is 9.94. The monoisotopic (exact) mass is 778 g/mol. The lowest BCUT2D eigenvalue weighted by Crippen LogP contribution is -2.11. The second-order valence-corrected chi connectivity index (χ2v) is 15.6. The molecular formula is C58H38N2O. The summed E-state index contributed by atoms with van der Waals surface area (Å²) in [5, 5.41) is 7.00. The summed E-state index contributed by atoms with van der Waals surface area (Å²) in [7, 11) is 0. The Morgan fingerprint density at radius 1 is 0.361 bits per heavy atom. The number of aromatic nitrogens is 1. The number of para-hydroxylation sites is 3. The van der Waals surface area contributed by atoms with Crippen molar-refractivity contribution in [3.05, 3.63) is 231 Å². The molecule has 0 radical (unpaired) electrons. The maximum absolute atomic E-state index is 7.19. The van der Waals surface area contributed by atoms with Gasteiger partial charge in [0, 0.05) is 38.5 Å². The first-order valence-corrected chi connectivity index (χ1v) is 20.8. The number of furan rings is 1. The van der Waals surface area contributed by atoms with Gasteiger partial charge in [-0.3, -0.25) is 0 Å². The summed E-state index contributed by atoms with van der Waals surface area (Å²) in [6.07, 6.45) is 0. The van der Waals surface area contributed by atoms with Crippen LogP contribution in [0.15, 0.2) is 235 Å². The van der Waals surface area contributed by atoms with Crippen molar-refractivity contribution in [3.8, 4) is 39.1 Å². The van der Waals surface area contributed by atoms with Gasteiger partial charge in [0.2, 0.25) is 0 Å². The van der Waals surface area contributed by atoms with Crippen LogP contribution in [0.1, 0.15) is 0 Å². The fourth-order valence-corrected chi connectivity index (χ4v) is 9.41. The molecule has 0 saturated carbocycles. The molecule has 0 aliphatic carbocycles. The van der Waals surface area contributed by atoms with E-state index >= 15 is 0 Å². The van der Waals surface area contributed by atoms with Gasteiger partial charge in [-0.15, -0.1) is 0 Å². The van der Waals surface area contributed by atoms with Gasteiger partial charge in [-0.25, -0.2) is 0 Å². The van der Waals surface area contributed by atoms with Gasteiger partial charge in [0.15, 0.2) is 5.58 Å². The topological polar surface area (TPSA) is 21.3 Å². The van der Waals surface area contributed by atoms with Gasteiger partial charge in [-0.2, -0.15) is 0 Å².